The highest BCUT2D eigenvalue weighted by Crippen LogP contribution is 2.18. The van der Waals surface area contributed by atoms with Crippen LogP contribution in [-0.2, 0) is 31.9 Å². The van der Waals surface area contributed by atoms with E-state index in [1.165, 1.54) is 25.3 Å². The summed E-state index contributed by atoms with van der Waals surface area (Å²) in [5.74, 6) is -1.16. The summed E-state index contributed by atoms with van der Waals surface area (Å²) in [6, 6.07) is 8.48. The van der Waals surface area contributed by atoms with Crippen molar-refractivity contribution in [3.05, 3.63) is 59.2 Å². The minimum atomic E-state index is -0.501. The predicted octanol–water partition coefficient (Wildman–Crippen LogP) is 4.36. The molecular weight excluding hydrogens is 410 g/mol. The highest BCUT2D eigenvalue weighted by atomic mass is 19.1. The zero-order valence-electron chi connectivity index (χ0n) is 18.0. The number of hydrogen-bond donors (Lipinski definition) is 1. The topological polar surface area (TPSA) is 82.1 Å². The van der Waals surface area contributed by atoms with Crippen LogP contribution in [0.1, 0.15) is 37.8 Å². The summed E-state index contributed by atoms with van der Waals surface area (Å²) in [5.41, 5.74) is 0.898. The number of halogens is 2. The fourth-order valence-electron chi connectivity index (χ4n) is 2.54. The third-order valence-corrected chi connectivity index (χ3v) is 4.10. The van der Waals surface area contributed by atoms with Crippen molar-refractivity contribution in [2.24, 2.45) is 0 Å². The number of aryl methyl sites for hydroxylation is 2. The van der Waals surface area contributed by atoms with Gasteiger partial charge >= 0.3 is 11.9 Å². The van der Waals surface area contributed by atoms with Crippen LogP contribution in [0, 0.1) is 11.6 Å². The number of esters is 2. The molecule has 0 aromatic heterocycles. The third-order valence-electron chi connectivity index (χ3n) is 4.10. The number of hydrogen-bond acceptors (Lipinski definition) is 6. The van der Waals surface area contributed by atoms with Gasteiger partial charge < -0.3 is 19.3 Å². The molecule has 2 aromatic rings. The molecule has 8 heteroatoms. The molecule has 0 aliphatic carbocycles. The van der Waals surface area contributed by atoms with Gasteiger partial charge in [0.2, 0.25) is 0 Å². The fraction of sp³-hybridized carbons (Fsp3) is 0.391. The van der Waals surface area contributed by atoms with Gasteiger partial charge in [0, 0.05) is 25.0 Å². The van der Waals surface area contributed by atoms with Crippen LogP contribution in [0.5, 0.6) is 11.5 Å². The van der Waals surface area contributed by atoms with Crippen molar-refractivity contribution < 1.29 is 37.7 Å². The van der Waals surface area contributed by atoms with Gasteiger partial charge in [-0.2, -0.15) is 0 Å². The molecule has 0 saturated heterocycles. The van der Waals surface area contributed by atoms with Crippen LogP contribution in [-0.4, -0.2) is 37.4 Å². The molecule has 0 bridgehead atoms. The number of aromatic hydroxyl groups is 1. The van der Waals surface area contributed by atoms with E-state index in [9.17, 15) is 18.4 Å². The Labute approximate surface area is 180 Å². The number of phenolic OH excluding ortho intramolecular Hbond substituents is 1. The van der Waals surface area contributed by atoms with Gasteiger partial charge in [0.25, 0.3) is 0 Å². The number of carbonyl (C=O) groups excluding carboxylic acids is 2. The summed E-state index contributed by atoms with van der Waals surface area (Å²) in [6.45, 7) is 4.14. The number of carbonyl (C=O) groups is 2. The van der Waals surface area contributed by atoms with Crippen molar-refractivity contribution in [1.29, 1.82) is 0 Å². The first-order valence-corrected chi connectivity index (χ1v) is 9.91. The maximum atomic E-state index is 13.4. The van der Waals surface area contributed by atoms with Gasteiger partial charge in [-0.15, -0.1) is 0 Å². The summed E-state index contributed by atoms with van der Waals surface area (Å²) in [7, 11) is 1.48. The number of phenols is 1. The van der Waals surface area contributed by atoms with Crippen molar-refractivity contribution in [2.75, 3.05) is 20.3 Å². The average molecular weight is 438 g/mol. The molecule has 170 valence electrons. The van der Waals surface area contributed by atoms with Gasteiger partial charge in [-0.05, 0) is 49.9 Å². The van der Waals surface area contributed by atoms with Gasteiger partial charge in [-0.3, -0.25) is 9.59 Å². The summed E-state index contributed by atoms with van der Waals surface area (Å²) in [6.07, 6.45) is 0.965. The second kappa shape index (κ2) is 14.0. The lowest BCUT2D eigenvalue weighted by atomic mass is 10.1. The van der Waals surface area contributed by atoms with Gasteiger partial charge in [0.1, 0.15) is 23.1 Å². The number of benzene rings is 2. The Balaban J connectivity index is 0.000000311. The van der Waals surface area contributed by atoms with Gasteiger partial charge in [0.15, 0.2) is 0 Å². The van der Waals surface area contributed by atoms with Crippen LogP contribution < -0.4 is 4.74 Å². The molecule has 0 fully saturated rings. The second-order valence-electron chi connectivity index (χ2n) is 6.34. The summed E-state index contributed by atoms with van der Waals surface area (Å²) >= 11 is 0. The third kappa shape index (κ3) is 9.93. The summed E-state index contributed by atoms with van der Waals surface area (Å²) < 4.78 is 41.0. The molecule has 0 radical (unpaired) electrons. The molecule has 0 amide bonds. The Hall–Kier alpha value is -3.16. The average Bonchev–Trinajstić information content (AvgIpc) is 2.73. The van der Waals surface area contributed by atoms with E-state index < -0.39 is 5.82 Å². The zero-order valence-corrected chi connectivity index (χ0v) is 18.0. The first-order chi connectivity index (χ1) is 14.8. The van der Waals surface area contributed by atoms with E-state index in [0.29, 0.717) is 36.5 Å². The van der Waals surface area contributed by atoms with Crippen molar-refractivity contribution in [3.8, 4) is 11.5 Å². The molecule has 0 aliphatic rings. The molecule has 0 saturated carbocycles. The summed E-state index contributed by atoms with van der Waals surface area (Å²) in [5, 5.41) is 8.97. The molecule has 2 aromatic carbocycles. The lowest BCUT2D eigenvalue weighted by Crippen LogP contribution is -2.06. The van der Waals surface area contributed by atoms with Gasteiger partial charge in [0.05, 0.1) is 20.3 Å². The van der Waals surface area contributed by atoms with E-state index in [0.717, 1.165) is 6.07 Å². The number of rotatable bonds is 9. The minimum Gasteiger partial charge on any atom is -0.508 e. The largest absolute Gasteiger partial charge is 0.508 e. The van der Waals surface area contributed by atoms with E-state index in [4.69, 9.17) is 19.3 Å². The van der Waals surface area contributed by atoms with Crippen molar-refractivity contribution >= 4 is 11.9 Å². The summed E-state index contributed by atoms with van der Waals surface area (Å²) in [4.78, 5) is 22.1. The quantitative estimate of drug-likeness (QED) is 0.586. The first-order valence-electron chi connectivity index (χ1n) is 9.91. The van der Waals surface area contributed by atoms with E-state index in [1.807, 2.05) is 0 Å². The Morgan fingerprint density at radius 3 is 1.74 bits per heavy atom. The molecule has 2 rings (SSSR count). The fourth-order valence-corrected chi connectivity index (χ4v) is 2.54. The van der Waals surface area contributed by atoms with Gasteiger partial charge in [-0.25, -0.2) is 8.78 Å². The maximum Gasteiger partial charge on any atom is 0.306 e. The molecule has 0 spiro atoms. The van der Waals surface area contributed by atoms with Crippen LogP contribution >= 0.6 is 0 Å². The number of ether oxygens (including phenoxy) is 3. The normalized spacial score (nSPS) is 9.97. The van der Waals surface area contributed by atoms with Crippen LogP contribution in [0.25, 0.3) is 0 Å². The van der Waals surface area contributed by atoms with Crippen molar-refractivity contribution in [1.82, 2.24) is 0 Å². The molecular formula is C23H28F2O6. The second-order valence-corrected chi connectivity index (χ2v) is 6.34. The van der Waals surface area contributed by atoms with Crippen LogP contribution in [0.2, 0.25) is 0 Å². The Kier molecular flexibility index (Phi) is 11.6. The lowest BCUT2D eigenvalue weighted by Gasteiger charge is -2.05. The molecule has 0 heterocycles. The minimum absolute atomic E-state index is 0.118. The zero-order chi connectivity index (χ0) is 23.2. The molecule has 6 nitrogen and oxygen atoms in total. The molecule has 0 unspecified atom stereocenters. The van der Waals surface area contributed by atoms with E-state index in [1.54, 1.807) is 26.0 Å². The standard InChI is InChI=1S/C12H15FO3.C11H13FO3/c1-3-16-12(14)7-5-9-4-6-10(15-2)8-11(9)13;1-2-15-11(14)6-4-8-3-5-9(13)7-10(8)12/h4,6,8H,3,5,7H2,1-2H3;3,5,7,13H,2,4,6H2,1H3. The SMILES string of the molecule is CCOC(=O)CCc1ccc(O)cc1F.CCOC(=O)CCc1ccc(OC)cc1F. The molecule has 0 atom stereocenters. The molecule has 0 aliphatic heterocycles. The van der Waals surface area contributed by atoms with E-state index >= 15 is 0 Å². The smallest absolute Gasteiger partial charge is 0.306 e. The van der Waals surface area contributed by atoms with E-state index in [-0.39, 0.29) is 42.8 Å². The lowest BCUT2D eigenvalue weighted by molar-refractivity contribution is -0.144. The highest BCUT2D eigenvalue weighted by Gasteiger charge is 2.08. The van der Waals surface area contributed by atoms with Crippen LogP contribution in [0.3, 0.4) is 0 Å². The molecule has 31 heavy (non-hydrogen) atoms. The monoisotopic (exact) mass is 438 g/mol. The first kappa shape index (κ1) is 25.9. The number of methoxy groups -OCH3 is 1. The van der Waals surface area contributed by atoms with E-state index in [2.05, 4.69) is 0 Å². The van der Waals surface area contributed by atoms with Crippen molar-refractivity contribution in [3.63, 3.8) is 0 Å². The predicted molar refractivity (Wildman–Crippen MR) is 111 cm³/mol. The van der Waals surface area contributed by atoms with Gasteiger partial charge in [-0.1, -0.05) is 12.1 Å². The van der Waals surface area contributed by atoms with Crippen molar-refractivity contribution in [2.45, 2.75) is 39.5 Å². The van der Waals surface area contributed by atoms with Crippen LogP contribution in [0.4, 0.5) is 8.78 Å². The maximum absolute atomic E-state index is 13.4. The Morgan fingerprint density at radius 2 is 1.32 bits per heavy atom. The highest BCUT2D eigenvalue weighted by molar-refractivity contribution is 5.70. The Morgan fingerprint density at radius 1 is 0.839 bits per heavy atom. The molecule has 1 N–H and O–H groups in total. The Bertz CT molecular complexity index is 854. The van der Waals surface area contributed by atoms with Crippen LogP contribution in [0.15, 0.2) is 36.4 Å².